The molecule has 1 aromatic heterocycles. The van der Waals surface area contributed by atoms with Crippen molar-refractivity contribution in [2.75, 3.05) is 38.5 Å². The second-order valence-electron chi connectivity index (χ2n) is 8.27. The Bertz CT molecular complexity index is 921. The van der Waals surface area contributed by atoms with E-state index in [2.05, 4.69) is 28.3 Å². The zero-order valence-corrected chi connectivity index (χ0v) is 17.5. The maximum atomic E-state index is 13.2. The molecule has 1 aromatic carbocycles. The molecule has 2 aromatic rings. The van der Waals surface area contributed by atoms with Gasteiger partial charge in [-0.05, 0) is 63.4 Å². The topological polar surface area (TPSA) is 70.5 Å². The Hall–Kier alpha value is -2.67. The number of hydrogen-bond donors (Lipinski definition) is 1. The third kappa shape index (κ3) is 4.05. The van der Waals surface area contributed by atoms with E-state index in [9.17, 15) is 9.59 Å². The Balaban J connectivity index is 1.62. The van der Waals surface area contributed by atoms with Crippen LogP contribution in [0.15, 0.2) is 18.2 Å². The predicted molar refractivity (Wildman–Crippen MR) is 112 cm³/mol. The van der Waals surface area contributed by atoms with Crippen molar-refractivity contribution in [2.45, 2.75) is 39.7 Å². The SMILES string of the molecule is Cc1cc(C)cc(NC(=O)c2nc(C(=O)N3CCN(C)CC3)n3c2CCCC3)c1. The fourth-order valence-corrected chi connectivity index (χ4v) is 4.28. The highest BCUT2D eigenvalue weighted by atomic mass is 16.2. The van der Waals surface area contributed by atoms with Crippen molar-refractivity contribution in [1.29, 1.82) is 0 Å². The van der Waals surface area contributed by atoms with E-state index in [0.29, 0.717) is 24.6 Å². The lowest BCUT2D eigenvalue weighted by atomic mass is 10.1. The number of aromatic nitrogens is 2. The molecule has 0 atom stereocenters. The summed E-state index contributed by atoms with van der Waals surface area (Å²) in [6.07, 6.45) is 2.79. The average Bonchev–Trinajstić information content (AvgIpc) is 3.07. The van der Waals surface area contributed by atoms with Crippen LogP contribution in [0.1, 0.15) is 50.8 Å². The van der Waals surface area contributed by atoms with Crippen molar-refractivity contribution in [3.05, 3.63) is 46.5 Å². The highest BCUT2D eigenvalue weighted by molar-refractivity contribution is 6.05. The molecular formula is C22H29N5O2. The Morgan fingerprint density at radius 1 is 0.966 bits per heavy atom. The number of carbonyl (C=O) groups is 2. The van der Waals surface area contributed by atoms with Gasteiger partial charge in [-0.1, -0.05) is 6.07 Å². The van der Waals surface area contributed by atoms with Crippen LogP contribution >= 0.6 is 0 Å². The zero-order chi connectivity index (χ0) is 20.5. The van der Waals surface area contributed by atoms with Gasteiger partial charge in [-0.25, -0.2) is 4.98 Å². The fraction of sp³-hybridized carbons (Fsp3) is 0.500. The molecular weight excluding hydrogens is 366 g/mol. The van der Waals surface area contributed by atoms with Gasteiger partial charge in [0.25, 0.3) is 11.8 Å². The summed E-state index contributed by atoms with van der Waals surface area (Å²) < 4.78 is 1.97. The van der Waals surface area contributed by atoms with Crippen LogP contribution in [0, 0.1) is 13.8 Å². The van der Waals surface area contributed by atoms with Gasteiger partial charge in [-0.2, -0.15) is 0 Å². The number of piperazine rings is 1. The number of amides is 2. The maximum absolute atomic E-state index is 13.2. The number of imidazole rings is 1. The number of anilines is 1. The van der Waals surface area contributed by atoms with Crippen LogP contribution < -0.4 is 5.32 Å². The van der Waals surface area contributed by atoms with Crippen LogP contribution in [0.3, 0.4) is 0 Å². The molecule has 3 heterocycles. The van der Waals surface area contributed by atoms with Gasteiger partial charge in [0.05, 0.1) is 5.69 Å². The van der Waals surface area contributed by atoms with E-state index in [0.717, 1.165) is 61.4 Å². The standard InChI is InChI=1S/C22H29N5O2/c1-15-12-16(2)14-17(13-15)23-21(28)19-18-6-4-5-7-27(18)20(24-19)22(29)26-10-8-25(3)9-11-26/h12-14H,4-11H2,1-3H3,(H,23,28). The molecule has 2 aliphatic heterocycles. The minimum Gasteiger partial charge on any atom is -0.333 e. The Labute approximate surface area is 171 Å². The number of aryl methyl sites for hydroxylation is 2. The second kappa shape index (κ2) is 7.99. The third-order valence-electron chi connectivity index (χ3n) is 5.79. The molecule has 2 amide bonds. The van der Waals surface area contributed by atoms with Crippen LogP contribution in [0.25, 0.3) is 0 Å². The van der Waals surface area contributed by atoms with Gasteiger partial charge in [-0.3, -0.25) is 9.59 Å². The lowest BCUT2D eigenvalue weighted by Crippen LogP contribution is -2.47. The first-order valence-corrected chi connectivity index (χ1v) is 10.4. The molecule has 1 saturated heterocycles. The fourth-order valence-electron chi connectivity index (χ4n) is 4.28. The molecule has 0 spiro atoms. The molecule has 0 unspecified atom stereocenters. The Morgan fingerprint density at radius 3 is 2.34 bits per heavy atom. The quantitative estimate of drug-likeness (QED) is 0.867. The average molecular weight is 396 g/mol. The van der Waals surface area contributed by atoms with E-state index in [1.165, 1.54) is 0 Å². The van der Waals surface area contributed by atoms with E-state index < -0.39 is 0 Å². The molecule has 0 bridgehead atoms. The Morgan fingerprint density at radius 2 is 1.66 bits per heavy atom. The molecule has 0 radical (unpaired) electrons. The van der Waals surface area contributed by atoms with Crippen molar-refractivity contribution >= 4 is 17.5 Å². The van der Waals surface area contributed by atoms with Crippen molar-refractivity contribution in [3.63, 3.8) is 0 Å². The van der Waals surface area contributed by atoms with Gasteiger partial charge in [0.15, 0.2) is 11.5 Å². The van der Waals surface area contributed by atoms with E-state index in [1.54, 1.807) is 0 Å². The van der Waals surface area contributed by atoms with Gasteiger partial charge in [-0.15, -0.1) is 0 Å². The molecule has 29 heavy (non-hydrogen) atoms. The van der Waals surface area contributed by atoms with Crippen LogP contribution in [0.4, 0.5) is 5.69 Å². The molecule has 0 aliphatic carbocycles. The molecule has 7 nitrogen and oxygen atoms in total. The van der Waals surface area contributed by atoms with Gasteiger partial charge in [0, 0.05) is 38.4 Å². The first-order valence-electron chi connectivity index (χ1n) is 10.4. The molecule has 0 saturated carbocycles. The summed E-state index contributed by atoms with van der Waals surface area (Å²) in [5.41, 5.74) is 4.23. The zero-order valence-electron chi connectivity index (χ0n) is 17.5. The van der Waals surface area contributed by atoms with Crippen LogP contribution in [0.2, 0.25) is 0 Å². The van der Waals surface area contributed by atoms with Crippen molar-refractivity contribution < 1.29 is 9.59 Å². The number of nitrogens with one attached hydrogen (secondary N) is 1. The van der Waals surface area contributed by atoms with E-state index in [4.69, 9.17) is 0 Å². The second-order valence-corrected chi connectivity index (χ2v) is 8.27. The summed E-state index contributed by atoms with van der Waals surface area (Å²) in [6, 6.07) is 5.97. The van der Waals surface area contributed by atoms with Gasteiger partial charge >= 0.3 is 0 Å². The minimum atomic E-state index is -0.238. The number of likely N-dealkylation sites (N-methyl/N-ethyl adjacent to an activating group) is 1. The van der Waals surface area contributed by atoms with Crippen molar-refractivity contribution in [2.24, 2.45) is 0 Å². The summed E-state index contributed by atoms with van der Waals surface area (Å²) in [7, 11) is 2.06. The minimum absolute atomic E-state index is 0.0632. The molecule has 154 valence electrons. The number of hydrogen-bond acceptors (Lipinski definition) is 4. The highest BCUT2D eigenvalue weighted by Crippen LogP contribution is 2.24. The number of carbonyl (C=O) groups excluding carboxylic acids is 2. The first kappa shape index (κ1) is 19.6. The third-order valence-corrected chi connectivity index (χ3v) is 5.79. The lowest BCUT2D eigenvalue weighted by molar-refractivity contribution is 0.0645. The maximum Gasteiger partial charge on any atom is 0.289 e. The normalized spacial score (nSPS) is 17.1. The predicted octanol–water partition coefficient (Wildman–Crippen LogP) is 2.48. The summed E-state index contributed by atoms with van der Waals surface area (Å²) in [6.45, 7) is 7.87. The largest absolute Gasteiger partial charge is 0.333 e. The van der Waals surface area contributed by atoms with E-state index in [-0.39, 0.29) is 11.8 Å². The van der Waals surface area contributed by atoms with Gasteiger partial charge in [0.2, 0.25) is 0 Å². The molecule has 1 fully saturated rings. The number of nitrogens with zero attached hydrogens (tertiary/aromatic N) is 4. The summed E-state index contributed by atoms with van der Waals surface area (Å²) >= 11 is 0. The van der Waals surface area contributed by atoms with Crippen LogP contribution in [0.5, 0.6) is 0 Å². The van der Waals surface area contributed by atoms with Crippen LogP contribution in [-0.4, -0.2) is 64.4 Å². The van der Waals surface area contributed by atoms with Crippen LogP contribution in [-0.2, 0) is 13.0 Å². The van der Waals surface area contributed by atoms with Crippen molar-refractivity contribution in [3.8, 4) is 0 Å². The van der Waals surface area contributed by atoms with Gasteiger partial charge < -0.3 is 19.7 Å². The lowest BCUT2D eigenvalue weighted by Gasteiger charge is -2.32. The van der Waals surface area contributed by atoms with E-state index in [1.807, 2.05) is 35.4 Å². The first-order chi connectivity index (χ1) is 13.9. The highest BCUT2D eigenvalue weighted by Gasteiger charge is 2.30. The number of benzene rings is 1. The van der Waals surface area contributed by atoms with E-state index >= 15 is 0 Å². The number of rotatable bonds is 3. The number of fused-ring (bicyclic) bond motifs is 1. The molecule has 7 heteroatoms. The van der Waals surface area contributed by atoms with Crippen molar-refractivity contribution in [1.82, 2.24) is 19.4 Å². The summed E-state index contributed by atoms with van der Waals surface area (Å²) in [5.74, 6) is 0.111. The Kier molecular flexibility index (Phi) is 5.41. The molecule has 1 N–H and O–H groups in total. The monoisotopic (exact) mass is 395 g/mol. The summed E-state index contributed by atoms with van der Waals surface area (Å²) in [5, 5.41) is 2.98. The summed E-state index contributed by atoms with van der Waals surface area (Å²) in [4.78, 5) is 34.8. The smallest absolute Gasteiger partial charge is 0.289 e. The molecule has 2 aliphatic rings. The molecule has 4 rings (SSSR count). The van der Waals surface area contributed by atoms with Gasteiger partial charge in [0.1, 0.15) is 0 Å².